The fourth-order valence-electron chi connectivity index (χ4n) is 15.0. The third-order valence-electron chi connectivity index (χ3n) is 19.3. The summed E-state index contributed by atoms with van der Waals surface area (Å²) in [7, 11) is 4.55. The number of hydrogen-bond acceptors (Lipinski definition) is 21. The Morgan fingerprint density at radius 3 is 1.97 bits per heavy atom. The highest BCUT2D eigenvalue weighted by molar-refractivity contribution is 5.92. The van der Waals surface area contributed by atoms with Gasteiger partial charge in [-0.2, -0.15) is 0 Å². The van der Waals surface area contributed by atoms with Crippen molar-refractivity contribution in [2.24, 2.45) is 28.6 Å². The molecule has 21 nitrogen and oxygen atoms in total. The van der Waals surface area contributed by atoms with Crippen LogP contribution in [0, 0.1) is 28.6 Å². The Hall–Kier alpha value is -2.49. The molecule has 4 aliphatic carbocycles. The molecular formula is C55H84O21. The smallest absolute Gasteiger partial charge is 0.342 e. The lowest BCUT2D eigenvalue weighted by Gasteiger charge is -2.63. The summed E-state index contributed by atoms with van der Waals surface area (Å²) < 4.78 is 74.5. The van der Waals surface area contributed by atoms with E-state index < -0.39 is 146 Å². The van der Waals surface area contributed by atoms with Crippen LogP contribution in [-0.2, 0) is 56.8 Å². The predicted molar refractivity (Wildman–Crippen MR) is 265 cm³/mol. The number of aliphatic hydroxyl groups excluding tert-OH is 6. The van der Waals surface area contributed by atoms with E-state index in [4.69, 9.17) is 56.8 Å². The van der Waals surface area contributed by atoms with Gasteiger partial charge in [-0.1, -0.05) is 37.6 Å². The van der Waals surface area contributed by atoms with Gasteiger partial charge in [0, 0.05) is 39.6 Å². The number of fused-ring (bicyclic) bond motifs is 5. The molecule has 0 amide bonds. The van der Waals surface area contributed by atoms with Gasteiger partial charge in [0.1, 0.15) is 72.4 Å². The minimum Gasteiger partial charge on any atom is -0.507 e. The monoisotopic (exact) mass is 1080 g/mol. The Morgan fingerprint density at radius 1 is 0.724 bits per heavy atom. The third kappa shape index (κ3) is 10.4. The topological polar surface area (TPSA) is 290 Å². The number of aromatic hydroxyl groups is 1. The van der Waals surface area contributed by atoms with E-state index in [0.29, 0.717) is 38.5 Å². The Labute approximate surface area is 444 Å². The second kappa shape index (κ2) is 23.2. The van der Waals surface area contributed by atoms with E-state index in [-0.39, 0.29) is 47.0 Å². The first-order valence-electron chi connectivity index (χ1n) is 27.4. The molecule has 7 fully saturated rings. The van der Waals surface area contributed by atoms with Crippen molar-refractivity contribution in [1.29, 1.82) is 0 Å². The minimum absolute atomic E-state index is 0.0185. The van der Waals surface area contributed by atoms with Gasteiger partial charge in [0.05, 0.1) is 54.9 Å². The van der Waals surface area contributed by atoms with Gasteiger partial charge in [0.2, 0.25) is 0 Å². The zero-order chi connectivity index (χ0) is 54.8. The summed E-state index contributed by atoms with van der Waals surface area (Å²) in [6, 6.07) is 6.31. The number of ether oxygens (including phenoxy) is 12. The lowest BCUT2D eigenvalue weighted by molar-refractivity contribution is -0.373. The molecule has 21 heteroatoms. The molecular weight excluding hydrogens is 997 g/mol. The first kappa shape index (κ1) is 58.2. The van der Waals surface area contributed by atoms with Crippen molar-refractivity contribution in [3.05, 3.63) is 41.5 Å². The van der Waals surface area contributed by atoms with Crippen LogP contribution in [0.25, 0.3) is 0 Å². The lowest BCUT2D eigenvalue weighted by atomic mass is 9.44. The Balaban J connectivity index is 0.804. The fourth-order valence-corrected chi connectivity index (χ4v) is 15.0. The molecule has 3 saturated carbocycles. The van der Waals surface area contributed by atoms with Crippen molar-refractivity contribution in [3.8, 4) is 5.75 Å². The lowest BCUT2D eigenvalue weighted by Crippen LogP contribution is -2.67. The molecule has 27 atom stereocenters. The normalized spacial score (nSPS) is 48.9. The van der Waals surface area contributed by atoms with Gasteiger partial charge < -0.3 is 97.7 Å². The molecule has 1 aromatic rings. The molecule has 4 heterocycles. The minimum atomic E-state index is -1.67. The summed E-state index contributed by atoms with van der Waals surface area (Å²) in [5.41, 5.74) is -1.11. The number of phenols is 1. The predicted octanol–water partition coefficient (Wildman–Crippen LogP) is 2.36. The zero-order valence-electron chi connectivity index (χ0n) is 45.2. The average molecular weight is 1080 g/mol. The van der Waals surface area contributed by atoms with Crippen molar-refractivity contribution in [2.45, 2.75) is 234 Å². The summed E-state index contributed by atoms with van der Waals surface area (Å²) in [4.78, 5) is 13.8. The van der Waals surface area contributed by atoms with Gasteiger partial charge in [-0.25, -0.2) is 4.79 Å². The number of carbonyl (C=O) groups is 1. The molecule has 8 aliphatic rings. The van der Waals surface area contributed by atoms with Crippen LogP contribution >= 0.6 is 0 Å². The molecule has 0 radical (unpaired) electrons. The SMILES string of the molecule is CO[C@H]1[C@@H](O)[C@H](O[C@@H]2[C@@H](OC)C[C@H](O[C@@H]3[C@@H](OC)C[C@H](O[C@H]4CC[C@@]5(C)C(=CC[C@@H]6[C@@H]5C[C@@H](OC(=O)c5ccccc5O)[C@]5(C)[C@@H](C(C)O)CC[C@]65O)C4)O[C@@H]3C)O[C@@H]2C)O[C@H](C)[C@H]1O[C@@H]1O[C@H](CO)[C@@H](O)[C@H](O)[C@H]1O. The summed E-state index contributed by atoms with van der Waals surface area (Å²) in [5, 5.41) is 87.0. The van der Waals surface area contributed by atoms with Crippen molar-refractivity contribution < 1.29 is 102 Å². The Morgan fingerprint density at radius 2 is 1.34 bits per heavy atom. The number of phenolic OH excluding ortho intramolecular Hbond substituents is 1. The van der Waals surface area contributed by atoms with E-state index in [1.54, 1.807) is 47.1 Å². The number of esters is 1. The molecule has 8 N–H and O–H groups in total. The number of methoxy groups -OCH3 is 3. The van der Waals surface area contributed by atoms with Crippen LogP contribution in [0.3, 0.4) is 0 Å². The van der Waals surface area contributed by atoms with Crippen molar-refractivity contribution in [3.63, 3.8) is 0 Å². The molecule has 4 aliphatic heterocycles. The van der Waals surface area contributed by atoms with Crippen LogP contribution in [0.4, 0.5) is 0 Å². The number of hydrogen-bond donors (Lipinski definition) is 8. The first-order valence-corrected chi connectivity index (χ1v) is 27.4. The molecule has 430 valence electrons. The van der Waals surface area contributed by atoms with Gasteiger partial charge in [-0.3, -0.25) is 0 Å². The quantitative estimate of drug-likeness (QED) is 0.0924. The molecule has 76 heavy (non-hydrogen) atoms. The highest BCUT2D eigenvalue weighted by Crippen LogP contribution is 2.69. The Kier molecular flexibility index (Phi) is 17.7. The number of benzene rings is 1. The van der Waals surface area contributed by atoms with E-state index >= 15 is 0 Å². The van der Waals surface area contributed by atoms with Crippen LogP contribution in [0.1, 0.15) is 110 Å². The molecule has 1 aromatic carbocycles. The number of rotatable bonds is 15. The second-order valence-corrected chi connectivity index (χ2v) is 23.3. The van der Waals surface area contributed by atoms with Gasteiger partial charge in [-0.15, -0.1) is 0 Å². The third-order valence-corrected chi connectivity index (χ3v) is 19.3. The number of carbonyl (C=O) groups excluding carboxylic acids is 1. The van der Waals surface area contributed by atoms with Gasteiger partial charge in [0.25, 0.3) is 0 Å². The van der Waals surface area contributed by atoms with E-state index in [1.807, 2.05) is 13.8 Å². The van der Waals surface area contributed by atoms with E-state index in [0.717, 1.165) is 12.8 Å². The van der Waals surface area contributed by atoms with Crippen LogP contribution in [0.15, 0.2) is 35.9 Å². The van der Waals surface area contributed by atoms with Gasteiger partial charge in [0.15, 0.2) is 25.2 Å². The maximum absolute atomic E-state index is 13.8. The summed E-state index contributed by atoms with van der Waals surface area (Å²) >= 11 is 0. The molecule has 1 unspecified atom stereocenters. The Bertz CT molecular complexity index is 2160. The van der Waals surface area contributed by atoms with Gasteiger partial charge >= 0.3 is 5.97 Å². The van der Waals surface area contributed by atoms with E-state index in [1.165, 1.54) is 24.8 Å². The van der Waals surface area contributed by atoms with Crippen LogP contribution < -0.4 is 0 Å². The van der Waals surface area contributed by atoms with Crippen molar-refractivity contribution in [2.75, 3.05) is 27.9 Å². The van der Waals surface area contributed by atoms with Gasteiger partial charge in [-0.05, 0) is 108 Å². The van der Waals surface area contributed by atoms with E-state index in [9.17, 15) is 45.6 Å². The molecule has 0 spiro atoms. The maximum atomic E-state index is 13.8. The van der Waals surface area contributed by atoms with E-state index in [2.05, 4.69) is 13.0 Å². The summed E-state index contributed by atoms with van der Waals surface area (Å²) in [6.45, 7) is 10.7. The van der Waals surface area contributed by atoms with Crippen LogP contribution in [-0.4, -0.2) is 209 Å². The number of allylic oxidation sites excluding steroid dienone is 1. The summed E-state index contributed by atoms with van der Waals surface area (Å²) in [5.74, 6) is -1.24. The van der Waals surface area contributed by atoms with Crippen LogP contribution in [0.5, 0.6) is 5.75 Å². The molecule has 0 bridgehead atoms. The molecule has 4 saturated heterocycles. The standard InChI is InChI=1S/C55H84O21/c1-25(57)32-17-19-55(64)33-15-14-29-20-30(16-18-53(29,5)34(33)21-39(54(32,55)6)73-50(63)31-12-10-11-13-35(31)58)71-40-22-36(65-7)46(26(2)68-40)74-41-23-37(66-8)47(27(3)69-41)75-52-45(62)49(67-9)48(28(4)70-52)76-51-44(61)43(60)42(59)38(24-56)72-51/h10-14,25-28,30,32-34,36-49,51-52,56-62,64H,15-24H2,1-9H3/t25?,26-,27-,28-,30+,32-,33-,34+,36+,37+,38-,39-,40+,41+,42-,43+,44-,45-,46+,47+,48-,49+,51+,52+,53+,54+,55+/m1/s1. The average Bonchev–Trinajstić information content (AvgIpc) is 3.74. The fraction of sp³-hybridized carbons (Fsp3) is 0.836. The summed E-state index contributed by atoms with van der Waals surface area (Å²) in [6.07, 6.45) is -12.1. The maximum Gasteiger partial charge on any atom is 0.342 e. The highest BCUT2D eigenvalue weighted by Gasteiger charge is 2.71. The highest BCUT2D eigenvalue weighted by atomic mass is 16.8. The van der Waals surface area contributed by atoms with Crippen LogP contribution in [0.2, 0.25) is 0 Å². The number of aliphatic hydroxyl groups is 7. The second-order valence-electron chi connectivity index (χ2n) is 23.3. The number of para-hydroxylation sites is 1. The largest absolute Gasteiger partial charge is 0.507 e. The first-order chi connectivity index (χ1) is 36.1. The van der Waals surface area contributed by atoms with Crippen molar-refractivity contribution >= 4 is 5.97 Å². The molecule has 0 aromatic heterocycles. The van der Waals surface area contributed by atoms with Crippen molar-refractivity contribution in [1.82, 2.24) is 0 Å². The molecule has 9 rings (SSSR count). The zero-order valence-corrected chi connectivity index (χ0v) is 45.2.